The van der Waals surface area contributed by atoms with E-state index in [9.17, 15) is 4.79 Å². The van der Waals surface area contributed by atoms with Crippen LogP contribution in [0.5, 0.6) is 0 Å². The normalized spacial score (nSPS) is 10.5. The quantitative estimate of drug-likeness (QED) is 0.625. The standard InChI is InChI=1S/C7H5BrN4O/c8-7-11-4(1-2-13)5-6(12-7)10-3-9-5/h2-3H,1H2,(H,9,10,11,12). The second kappa shape index (κ2) is 3.21. The van der Waals surface area contributed by atoms with Gasteiger partial charge in [-0.3, -0.25) is 0 Å². The number of nitrogens with zero attached hydrogens (tertiary/aromatic N) is 3. The molecule has 2 aromatic heterocycles. The number of aromatic nitrogens is 4. The van der Waals surface area contributed by atoms with Gasteiger partial charge >= 0.3 is 0 Å². The van der Waals surface area contributed by atoms with Crippen LogP contribution in [0.25, 0.3) is 11.2 Å². The predicted molar refractivity (Wildman–Crippen MR) is 49.2 cm³/mol. The highest BCUT2D eigenvalue weighted by Crippen LogP contribution is 2.13. The van der Waals surface area contributed by atoms with Gasteiger partial charge in [-0.15, -0.1) is 0 Å². The Kier molecular flexibility index (Phi) is 2.05. The van der Waals surface area contributed by atoms with Gasteiger partial charge in [0.05, 0.1) is 12.0 Å². The van der Waals surface area contributed by atoms with Crippen molar-refractivity contribution in [2.45, 2.75) is 6.42 Å². The van der Waals surface area contributed by atoms with Crippen molar-refractivity contribution in [1.29, 1.82) is 0 Å². The minimum Gasteiger partial charge on any atom is -0.342 e. The Morgan fingerprint density at radius 3 is 3.15 bits per heavy atom. The number of carbonyl (C=O) groups excluding carboxylic acids is 1. The lowest BCUT2D eigenvalue weighted by molar-refractivity contribution is -0.107. The van der Waals surface area contributed by atoms with Gasteiger partial charge in [0.2, 0.25) is 0 Å². The average molecular weight is 241 g/mol. The van der Waals surface area contributed by atoms with Gasteiger partial charge < -0.3 is 9.78 Å². The van der Waals surface area contributed by atoms with Gasteiger partial charge in [0.1, 0.15) is 11.8 Å². The molecule has 6 heteroatoms. The summed E-state index contributed by atoms with van der Waals surface area (Å²) in [6, 6.07) is 0. The second-order valence-corrected chi connectivity index (χ2v) is 3.12. The van der Waals surface area contributed by atoms with E-state index in [2.05, 4.69) is 35.9 Å². The van der Waals surface area contributed by atoms with E-state index in [0.29, 0.717) is 16.1 Å². The van der Waals surface area contributed by atoms with E-state index in [1.54, 1.807) is 0 Å². The molecule has 0 aliphatic carbocycles. The van der Waals surface area contributed by atoms with Crippen molar-refractivity contribution in [2.24, 2.45) is 0 Å². The van der Waals surface area contributed by atoms with Crippen LogP contribution >= 0.6 is 15.9 Å². The van der Waals surface area contributed by atoms with E-state index in [0.717, 1.165) is 11.8 Å². The van der Waals surface area contributed by atoms with Crippen molar-refractivity contribution in [1.82, 2.24) is 19.9 Å². The maximum atomic E-state index is 10.3. The number of aldehydes is 1. The number of fused-ring (bicyclic) bond motifs is 1. The Bertz CT molecular complexity index is 453. The number of aromatic amines is 1. The molecular weight excluding hydrogens is 236 g/mol. The Balaban J connectivity index is 2.69. The van der Waals surface area contributed by atoms with Crippen LogP contribution in [0.1, 0.15) is 5.69 Å². The summed E-state index contributed by atoms with van der Waals surface area (Å²) in [7, 11) is 0. The van der Waals surface area contributed by atoms with Crippen molar-refractivity contribution in [3.05, 3.63) is 16.8 Å². The number of hydrogen-bond acceptors (Lipinski definition) is 4. The largest absolute Gasteiger partial charge is 0.342 e. The van der Waals surface area contributed by atoms with Gasteiger partial charge in [0, 0.05) is 6.42 Å². The molecule has 5 nitrogen and oxygen atoms in total. The van der Waals surface area contributed by atoms with Gasteiger partial charge in [-0.05, 0) is 15.9 Å². The highest BCUT2D eigenvalue weighted by molar-refractivity contribution is 9.10. The molecule has 0 aliphatic heterocycles. The third kappa shape index (κ3) is 1.44. The van der Waals surface area contributed by atoms with Crippen molar-refractivity contribution in [3.8, 4) is 0 Å². The number of halogens is 1. The number of carbonyl (C=O) groups is 1. The molecule has 0 fully saturated rings. The molecule has 1 N–H and O–H groups in total. The Morgan fingerprint density at radius 2 is 2.38 bits per heavy atom. The first-order valence-electron chi connectivity index (χ1n) is 3.60. The van der Waals surface area contributed by atoms with Crippen LogP contribution in [0.15, 0.2) is 11.1 Å². The van der Waals surface area contributed by atoms with Crippen LogP contribution in [0.2, 0.25) is 0 Å². The highest BCUT2D eigenvalue weighted by Gasteiger charge is 2.07. The number of nitrogens with one attached hydrogen (secondary N) is 1. The van der Waals surface area contributed by atoms with Gasteiger partial charge in [-0.1, -0.05) is 0 Å². The Hall–Kier alpha value is -1.30. The fourth-order valence-electron chi connectivity index (χ4n) is 1.09. The minimum atomic E-state index is 0.264. The molecule has 2 heterocycles. The first-order chi connectivity index (χ1) is 6.31. The predicted octanol–water partition coefficient (Wildman–Crippen LogP) is 0.857. The summed E-state index contributed by atoms with van der Waals surface area (Å²) < 4.78 is 0.448. The molecule has 0 aromatic carbocycles. The van der Waals surface area contributed by atoms with Gasteiger partial charge in [-0.25, -0.2) is 15.0 Å². The van der Waals surface area contributed by atoms with Crippen LogP contribution in [0.3, 0.4) is 0 Å². The van der Waals surface area contributed by atoms with E-state index in [1.165, 1.54) is 6.33 Å². The van der Waals surface area contributed by atoms with E-state index in [-0.39, 0.29) is 6.42 Å². The van der Waals surface area contributed by atoms with Crippen LogP contribution in [-0.2, 0) is 11.2 Å². The van der Waals surface area contributed by atoms with Gasteiger partial charge in [0.25, 0.3) is 0 Å². The molecular formula is C7H5BrN4O. The Labute approximate surface area is 81.7 Å². The van der Waals surface area contributed by atoms with Crippen molar-refractivity contribution in [3.63, 3.8) is 0 Å². The zero-order valence-electron chi connectivity index (χ0n) is 6.49. The average Bonchev–Trinajstić information content (AvgIpc) is 2.52. The Morgan fingerprint density at radius 1 is 1.54 bits per heavy atom. The molecule has 0 saturated heterocycles. The number of H-pyrrole nitrogens is 1. The lowest BCUT2D eigenvalue weighted by Gasteiger charge is -1.96. The molecule has 0 radical (unpaired) electrons. The zero-order valence-corrected chi connectivity index (χ0v) is 8.08. The lowest BCUT2D eigenvalue weighted by Crippen LogP contribution is -1.96. The van der Waals surface area contributed by atoms with E-state index >= 15 is 0 Å². The maximum Gasteiger partial charge on any atom is 0.199 e. The first-order valence-corrected chi connectivity index (χ1v) is 4.39. The van der Waals surface area contributed by atoms with Gasteiger partial charge in [-0.2, -0.15) is 0 Å². The smallest absolute Gasteiger partial charge is 0.199 e. The lowest BCUT2D eigenvalue weighted by atomic mass is 10.3. The molecule has 0 saturated carbocycles. The van der Waals surface area contributed by atoms with Gasteiger partial charge in [0.15, 0.2) is 10.4 Å². The summed E-state index contributed by atoms with van der Waals surface area (Å²) >= 11 is 3.15. The number of hydrogen-bond donors (Lipinski definition) is 1. The molecule has 2 aromatic rings. The van der Waals surface area contributed by atoms with Crippen molar-refractivity contribution in [2.75, 3.05) is 0 Å². The zero-order chi connectivity index (χ0) is 9.26. The monoisotopic (exact) mass is 240 g/mol. The molecule has 0 unspecified atom stereocenters. The topological polar surface area (TPSA) is 71.5 Å². The van der Waals surface area contributed by atoms with E-state index in [4.69, 9.17) is 0 Å². The fourth-order valence-corrected chi connectivity index (χ4v) is 1.47. The number of imidazole rings is 1. The molecule has 0 atom stereocenters. The highest BCUT2D eigenvalue weighted by atomic mass is 79.9. The molecule has 0 amide bonds. The first kappa shape index (κ1) is 8.31. The van der Waals surface area contributed by atoms with Crippen LogP contribution in [0, 0.1) is 0 Å². The SMILES string of the molecule is O=CCc1nc(Br)nc2nc[nH]c12. The van der Waals surface area contributed by atoms with Crippen molar-refractivity contribution < 1.29 is 4.79 Å². The van der Waals surface area contributed by atoms with Crippen molar-refractivity contribution >= 4 is 33.4 Å². The summed E-state index contributed by atoms with van der Waals surface area (Å²) in [6.45, 7) is 0. The van der Waals surface area contributed by atoms with E-state index < -0.39 is 0 Å². The van der Waals surface area contributed by atoms with Crippen LogP contribution in [-0.4, -0.2) is 26.2 Å². The summed E-state index contributed by atoms with van der Waals surface area (Å²) in [6.07, 6.45) is 2.59. The third-order valence-corrected chi connectivity index (χ3v) is 1.96. The van der Waals surface area contributed by atoms with Crippen LogP contribution < -0.4 is 0 Å². The summed E-state index contributed by atoms with van der Waals surface area (Å²) in [5, 5.41) is 0. The molecule has 13 heavy (non-hydrogen) atoms. The molecule has 2 rings (SSSR count). The molecule has 0 aliphatic rings. The molecule has 0 bridgehead atoms. The number of rotatable bonds is 2. The summed E-state index contributed by atoms with van der Waals surface area (Å²) in [5.74, 6) is 0. The van der Waals surface area contributed by atoms with Crippen LogP contribution in [0.4, 0.5) is 0 Å². The molecule has 66 valence electrons. The van der Waals surface area contributed by atoms with E-state index in [1.807, 2.05) is 0 Å². The molecule has 0 spiro atoms. The minimum absolute atomic E-state index is 0.264. The fraction of sp³-hybridized carbons (Fsp3) is 0.143. The third-order valence-electron chi connectivity index (χ3n) is 1.61. The summed E-state index contributed by atoms with van der Waals surface area (Å²) in [4.78, 5) is 25.3. The second-order valence-electron chi connectivity index (χ2n) is 2.41. The maximum absolute atomic E-state index is 10.3. The summed E-state index contributed by atoms with van der Waals surface area (Å²) in [5.41, 5.74) is 1.94.